The summed E-state index contributed by atoms with van der Waals surface area (Å²) in [5, 5.41) is 0. The van der Waals surface area contributed by atoms with Gasteiger partial charge in [-0.1, -0.05) is 39.5 Å². The lowest BCUT2D eigenvalue weighted by Crippen LogP contribution is -2.09. The standard InChI is InChI=1S/C28H38O4S/c1-17(2)7-23-25(31-15-21-13-29-21)9-19(5)11-27(23)33-28-12-20(6)10-26(24(28)8-18(3)4)32-16-22-14-30-22/h9-12,17-18,21-22H,7-8,13-16H2,1-6H3. The molecule has 2 aromatic carbocycles. The number of hydrogen-bond acceptors (Lipinski definition) is 5. The van der Waals surface area contributed by atoms with Crippen molar-refractivity contribution in [3.05, 3.63) is 46.5 Å². The highest BCUT2D eigenvalue weighted by atomic mass is 32.2. The molecule has 0 aliphatic carbocycles. The van der Waals surface area contributed by atoms with E-state index in [9.17, 15) is 0 Å². The summed E-state index contributed by atoms with van der Waals surface area (Å²) in [7, 11) is 0. The summed E-state index contributed by atoms with van der Waals surface area (Å²) in [6, 6.07) is 8.98. The van der Waals surface area contributed by atoms with Crippen LogP contribution in [0.25, 0.3) is 0 Å². The molecule has 4 nitrogen and oxygen atoms in total. The van der Waals surface area contributed by atoms with Gasteiger partial charge in [0, 0.05) is 20.9 Å². The van der Waals surface area contributed by atoms with Crippen LogP contribution in [0.1, 0.15) is 49.9 Å². The molecule has 180 valence electrons. The molecule has 2 unspecified atom stereocenters. The SMILES string of the molecule is Cc1cc(OCC2CO2)c(CC(C)C)c(Sc2cc(C)cc(OCC3CO3)c2CC(C)C)c1. The monoisotopic (exact) mass is 470 g/mol. The van der Waals surface area contributed by atoms with Crippen molar-refractivity contribution < 1.29 is 18.9 Å². The third-order valence-electron chi connectivity index (χ3n) is 5.72. The molecule has 2 fully saturated rings. The third-order valence-corrected chi connectivity index (χ3v) is 6.89. The Labute approximate surface area is 203 Å². The summed E-state index contributed by atoms with van der Waals surface area (Å²) in [4.78, 5) is 2.56. The van der Waals surface area contributed by atoms with Gasteiger partial charge in [0.05, 0.1) is 13.2 Å². The molecule has 0 radical (unpaired) electrons. The van der Waals surface area contributed by atoms with E-state index in [-0.39, 0.29) is 12.2 Å². The van der Waals surface area contributed by atoms with Crippen molar-refractivity contribution >= 4 is 11.8 Å². The zero-order chi connectivity index (χ0) is 23.5. The Kier molecular flexibility index (Phi) is 7.93. The number of aryl methyl sites for hydroxylation is 2. The molecule has 33 heavy (non-hydrogen) atoms. The zero-order valence-electron chi connectivity index (χ0n) is 20.9. The first kappa shape index (κ1) is 24.4. The maximum atomic E-state index is 6.26. The second kappa shape index (κ2) is 10.7. The van der Waals surface area contributed by atoms with Gasteiger partial charge >= 0.3 is 0 Å². The fraction of sp³-hybridized carbons (Fsp3) is 0.571. The molecule has 2 aliphatic rings. The van der Waals surface area contributed by atoms with Gasteiger partial charge in [-0.25, -0.2) is 0 Å². The summed E-state index contributed by atoms with van der Waals surface area (Å²) in [5.41, 5.74) is 5.04. The van der Waals surface area contributed by atoms with Gasteiger partial charge in [-0.15, -0.1) is 0 Å². The molecule has 2 aromatic rings. The van der Waals surface area contributed by atoms with Gasteiger partial charge in [0.15, 0.2) is 0 Å². The van der Waals surface area contributed by atoms with Crippen molar-refractivity contribution in [1.82, 2.24) is 0 Å². The fourth-order valence-corrected chi connectivity index (χ4v) is 5.31. The quantitative estimate of drug-likeness (QED) is 0.336. The lowest BCUT2D eigenvalue weighted by molar-refractivity contribution is 0.259. The van der Waals surface area contributed by atoms with Crippen LogP contribution >= 0.6 is 11.8 Å². The van der Waals surface area contributed by atoms with E-state index in [2.05, 4.69) is 65.8 Å². The fourth-order valence-electron chi connectivity index (χ4n) is 3.97. The summed E-state index contributed by atoms with van der Waals surface area (Å²) < 4.78 is 23.3. The first-order chi connectivity index (χ1) is 15.8. The van der Waals surface area contributed by atoms with Crippen LogP contribution in [0, 0.1) is 25.7 Å². The number of rotatable bonds is 12. The van der Waals surface area contributed by atoms with Gasteiger partial charge in [0.2, 0.25) is 0 Å². The Morgan fingerprint density at radius 3 is 1.48 bits per heavy atom. The maximum absolute atomic E-state index is 6.26. The Bertz CT molecular complexity index is 883. The predicted octanol–water partition coefficient (Wildman–Crippen LogP) is 6.41. The molecule has 0 saturated carbocycles. The molecule has 0 N–H and O–H groups in total. The lowest BCUT2D eigenvalue weighted by atomic mass is 10.0. The number of epoxide rings is 2. The highest BCUT2D eigenvalue weighted by molar-refractivity contribution is 7.99. The average molecular weight is 471 g/mol. The van der Waals surface area contributed by atoms with Gasteiger partial charge in [-0.2, -0.15) is 0 Å². The van der Waals surface area contributed by atoms with E-state index < -0.39 is 0 Å². The number of benzene rings is 2. The van der Waals surface area contributed by atoms with Crippen LogP contribution in [0.3, 0.4) is 0 Å². The Hall–Kier alpha value is -1.69. The summed E-state index contributed by atoms with van der Waals surface area (Å²) >= 11 is 1.86. The first-order valence-corrected chi connectivity index (χ1v) is 13.0. The van der Waals surface area contributed by atoms with Gasteiger partial charge < -0.3 is 18.9 Å². The molecule has 0 amide bonds. The molecule has 2 heterocycles. The van der Waals surface area contributed by atoms with Crippen molar-refractivity contribution in [3.63, 3.8) is 0 Å². The predicted molar refractivity (Wildman–Crippen MR) is 134 cm³/mol. The minimum atomic E-state index is 0.248. The van der Waals surface area contributed by atoms with E-state index in [0.717, 1.165) is 37.6 Å². The second-order valence-electron chi connectivity index (χ2n) is 10.3. The van der Waals surface area contributed by atoms with Gasteiger partial charge in [0.25, 0.3) is 0 Å². The zero-order valence-corrected chi connectivity index (χ0v) is 21.7. The number of hydrogen-bond donors (Lipinski definition) is 0. The van der Waals surface area contributed by atoms with Crippen molar-refractivity contribution in [2.45, 2.75) is 76.4 Å². The molecule has 5 heteroatoms. The van der Waals surface area contributed by atoms with E-state index in [4.69, 9.17) is 18.9 Å². The van der Waals surface area contributed by atoms with Crippen molar-refractivity contribution in [1.29, 1.82) is 0 Å². The second-order valence-corrected chi connectivity index (χ2v) is 11.4. The van der Waals surface area contributed by atoms with Crippen LogP contribution in [-0.4, -0.2) is 38.6 Å². The van der Waals surface area contributed by atoms with E-state index in [1.54, 1.807) is 0 Å². The minimum absolute atomic E-state index is 0.248. The highest BCUT2D eigenvalue weighted by Crippen LogP contribution is 2.42. The maximum Gasteiger partial charge on any atom is 0.124 e. The summed E-state index contributed by atoms with van der Waals surface area (Å²) in [5.74, 6) is 3.08. The van der Waals surface area contributed by atoms with Crippen LogP contribution in [0.2, 0.25) is 0 Å². The average Bonchev–Trinajstić information content (AvgIpc) is 3.63. The van der Waals surface area contributed by atoms with E-state index in [1.807, 2.05) is 11.8 Å². The number of ether oxygens (including phenoxy) is 4. The minimum Gasteiger partial charge on any atom is -0.490 e. The van der Waals surface area contributed by atoms with E-state index in [1.165, 1.54) is 32.0 Å². The molecule has 4 rings (SSSR count). The molecule has 0 aromatic heterocycles. The van der Waals surface area contributed by atoms with Gasteiger partial charge in [-0.05, 0) is 73.9 Å². The normalized spacial score (nSPS) is 19.3. The van der Waals surface area contributed by atoms with Crippen molar-refractivity contribution in [2.24, 2.45) is 11.8 Å². The van der Waals surface area contributed by atoms with Gasteiger partial charge in [0.1, 0.15) is 36.9 Å². The Balaban J connectivity index is 1.69. The Morgan fingerprint density at radius 1 is 0.758 bits per heavy atom. The van der Waals surface area contributed by atoms with Crippen LogP contribution in [0.4, 0.5) is 0 Å². The molecule has 2 atom stereocenters. The third kappa shape index (κ3) is 7.14. The molecule has 2 aliphatic heterocycles. The first-order valence-electron chi connectivity index (χ1n) is 12.2. The summed E-state index contributed by atoms with van der Waals surface area (Å²) in [6.07, 6.45) is 2.46. The van der Waals surface area contributed by atoms with Crippen LogP contribution in [0.15, 0.2) is 34.1 Å². The smallest absolute Gasteiger partial charge is 0.124 e. The molecule has 0 bridgehead atoms. The molecular weight excluding hydrogens is 432 g/mol. The van der Waals surface area contributed by atoms with Crippen LogP contribution in [-0.2, 0) is 22.3 Å². The van der Waals surface area contributed by atoms with Crippen LogP contribution in [0.5, 0.6) is 11.5 Å². The highest BCUT2D eigenvalue weighted by Gasteiger charge is 2.26. The molecule has 0 spiro atoms. The topological polar surface area (TPSA) is 43.5 Å². The molecular formula is C28H38O4S. The van der Waals surface area contributed by atoms with Crippen molar-refractivity contribution in [3.8, 4) is 11.5 Å². The lowest BCUT2D eigenvalue weighted by Gasteiger charge is -2.21. The van der Waals surface area contributed by atoms with Gasteiger partial charge in [-0.3, -0.25) is 0 Å². The van der Waals surface area contributed by atoms with Crippen LogP contribution < -0.4 is 9.47 Å². The van der Waals surface area contributed by atoms with E-state index >= 15 is 0 Å². The summed E-state index contributed by atoms with van der Waals surface area (Å²) in [6.45, 7) is 16.3. The Morgan fingerprint density at radius 2 is 1.15 bits per heavy atom. The van der Waals surface area contributed by atoms with Crippen molar-refractivity contribution in [2.75, 3.05) is 26.4 Å². The largest absolute Gasteiger partial charge is 0.490 e. The van der Waals surface area contributed by atoms with E-state index in [0.29, 0.717) is 25.0 Å². The molecule has 2 saturated heterocycles.